The van der Waals surface area contributed by atoms with E-state index in [9.17, 15) is 10.1 Å². The van der Waals surface area contributed by atoms with Gasteiger partial charge in [0.1, 0.15) is 11.5 Å². The van der Waals surface area contributed by atoms with Crippen LogP contribution in [0.1, 0.15) is 16.7 Å². The topological polar surface area (TPSA) is 52.4 Å². The number of ether oxygens (including phenoxy) is 1. The van der Waals surface area contributed by atoms with E-state index in [0.717, 1.165) is 22.4 Å². The van der Waals surface area contributed by atoms with Gasteiger partial charge in [-0.25, -0.2) is 0 Å². The number of nitro benzene ring substituents is 1. The van der Waals surface area contributed by atoms with E-state index in [4.69, 9.17) is 4.74 Å². The Morgan fingerprint density at radius 1 is 1.15 bits per heavy atom. The molecule has 0 fully saturated rings. The predicted octanol–water partition coefficient (Wildman–Crippen LogP) is 4.90. The molecule has 0 radical (unpaired) electrons. The van der Waals surface area contributed by atoms with Crippen molar-refractivity contribution in [2.24, 2.45) is 0 Å². The van der Waals surface area contributed by atoms with Gasteiger partial charge in [-0.2, -0.15) is 0 Å². The summed E-state index contributed by atoms with van der Waals surface area (Å²) in [4.78, 5) is 10.4. The van der Waals surface area contributed by atoms with E-state index in [1.807, 2.05) is 32.0 Å². The highest BCUT2D eigenvalue weighted by Crippen LogP contribution is 2.32. The molecule has 0 heterocycles. The van der Waals surface area contributed by atoms with Crippen molar-refractivity contribution in [3.05, 3.63) is 63.2 Å². The summed E-state index contributed by atoms with van der Waals surface area (Å²) in [5, 5.41) is 11.3. The number of hydrogen-bond acceptors (Lipinski definition) is 3. The molecule has 0 aromatic heterocycles. The van der Waals surface area contributed by atoms with Crippen LogP contribution in [-0.2, 0) is 5.33 Å². The number of aryl methyl sites for hydroxylation is 2. The summed E-state index contributed by atoms with van der Waals surface area (Å²) in [5.41, 5.74) is 2.94. The highest BCUT2D eigenvalue weighted by atomic mass is 79.9. The van der Waals surface area contributed by atoms with Gasteiger partial charge in [-0.3, -0.25) is 10.1 Å². The van der Waals surface area contributed by atoms with Gasteiger partial charge in [0, 0.05) is 23.0 Å². The number of benzene rings is 2. The number of alkyl halides is 1. The van der Waals surface area contributed by atoms with Crippen LogP contribution >= 0.6 is 15.9 Å². The third-order valence-electron chi connectivity index (χ3n) is 2.96. The third kappa shape index (κ3) is 3.17. The average molecular weight is 336 g/mol. The van der Waals surface area contributed by atoms with E-state index in [-0.39, 0.29) is 5.69 Å². The predicted molar refractivity (Wildman–Crippen MR) is 81.7 cm³/mol. The van der Waals surface area contributed by atoms with Crippen LogP contribution in [0.5, 0.6) is 11.5 Å². The zero-order chi connectivity index (χ0) is 14.7. The van der Waals surface area contributed by atoms with Crippen LogP contribution < -0.4 is 4.74 Å². The summed E-state index contributed by atoms with van der Waals surface area (Å²) in [6.07, 6.45) is 0. The van der Waals surface area contributed by atoms with Gasteiger partial charge in [0.25, 0.3) is 5.69 Å². The molecule has 0 unspecified atom stereocenters. The van der Waals surface area contributed by atoms with Gasteiger partial charge in [-0.1, -0.05) is 28.1 Å². The molecule has 104 valence electrons. The molecular formula is C15H14BrNO3. The molecule has 2 aromatic carbocycles. The smallest absolute Gasteiger partial charge is 0.270 e. The van der Waals surface area contributed by atoms with E-state index in [1.54, 1.807) is 6.07 Å². The zero-order valence-corrected chi connectivity index (χ0v) is 12.8. The number of nitro groups is 1. The van der Waals surface area contributed by atoms with Gasteiger partial charge in [0.15, 0.2) is 0 Å². The molecule has 2 rings (SSSR count). The van der Waals surface area contributed by atoms with Gasteiger partial charge >= 0.3 is 0 Å². The first-order chi connectivity index (χ1) is 9.51. The van der Waals surface area contributed by atoms with Crippen molar-refractivity contribution in [2.75, 3.05) is 0 Å². The van der Waals surface area contributed by atoms with Gasteiger partial charge in [0.2, 0.25) is 0 Å². The fourth-order valence-electron chi connectivity index (χ4n) is 1.82. The van der Waals surface area contributed by atoms with Crippen molar-refractivity contribution in [2.45, 2.75) is 19.2 Å². The van der Waals surface area contributed by atoms with E-state index < -0.39 is 4.92 Å². The molecule has 4 nitrogen and oxygen atoms in total. The summed E-state index contributed by atoms with van der Waals surface area (Å²) < 4.78 is 5.89. The fourth-order valence-corrected chi connectivity index (χ4v) is 2.26. The minimum atomic E-state index is -0.409. The molecule has 20 heavy (non-hydrogen) atoms. The molecule has 0 amide bonds. The Labute approximate surface area is 125 Å². The number of nitrogens with zero attached hydrogens (tertiary/aromatic N) is 1. The Balaban J connectivity index is 2.38. The van der Waals surface area contributed by atoms with E-state index in [2.05, 4.69) is 15.9 Å². The maximum absolute atomic E-state index is 10.8. The minimum Gasteiger partial charge on any atom is -0.457 e. The molecule has 0 aliphatic rings. The standard InChI is InChI=1S/C15H14BrNO3/c1-10-3-4-11(2)15(7-10)20-14-6-5-13(17(18)19)8-12(14)9-16/h3-8H,9H2,1-2H3. The normalized spacial score (nSPS) is 10.3. The molecule has 0 saturated carbocycles. The second-order valence-electron chi connectivity index (χ2n) is 4.55. The van der Waals surface area contributed by atoms with E-state index in [0.29, 0.717) is 11.1 Å². The van der Waals surface area contributed by atoms with Crippen LogP contribution in [0.25, 0.3) is 0 Å². The van der Waals surface area contributed by atoms with Crippen molar-refractivity contribution in [3.63, 3.8) is 0 Å². The summed E-state index contributed by atoms with van der Waals surface area (Å²) in [5.74, 6) is 1.39. The molecule has 0 aliphatic heterocycles. The molecule has 0 bridgehead atoms. The maximum atomic E-state index is 10.8. The fraction of sp³-hybridized carbons (Fsp3) is 0.200. The van der Waals surface area contributed by atoms with Crippen molar-refractivity contribution in [1.82, 2.24) is 0 Å². The maximum Gasteiger partial charge on any atom is 0.270 e. The number of rotatable bonds is 4. The highest BCUT2D eigenvalue weighted by molar-refractivity contribution is 9.08. The molecule has 5 heteroatoms. The minimum absolute atomic E-state index is 0.0627. The van der Waals surface area contributed by atoms with E-state index in [1.165, 1.54) is 12.1 Å². The van der Waals surface area contributed by atoms with E-state index >= 15 is 0 Å². The largest absolute Gasteiger partial charge is 0.457 e. The summed E-state index contributed by atoms with van der Waals surface area (Å²) in [6.45, 7) is 3.96. The molecule has 0 N–H and O–H groups in total. The molecule has 0 atom stereocenters. The third-order valence-corrected chi connectivity index (χ3v) is 3.57. The van der Waals surface area contributed by atoms with Crippen LogP contribution in [0.15, 0.2) is 36.4 Å². The quantitative estimate of drug-likeness (QED) is 0.453. The average Bonchev–Trinajstić information content (AvgIpc) is 2.43. The number of non-ortho nitro benzene ring substituents is 1. The molecule has 0 aliphatic carbocycles. The Morgan fingerprint density at radius 2 is 1.90 bits per heavy atom. The first kappa shape index (κ1) is 14.5. The lowest BCUT2D eigenvalue weighted by Gasteiger charge is -2.12. The zero-order valence-electron chi connectivity index (χ0n) is 11.2. The molecule has 0 spiro atoms. The van der Waals surface area contributed by atoms with Crippen LogP contribution in [0.2, 0.25) is 0 Å². The second kappa shape index (κ2) is 6.05. The summed E-state index contributed by atoms with van der Waals surface area (Å²) >= 11 is 3.34. The first-order valence-corrected chi connectivity index (χ1v) is 7.22. The highest BCUT2D eigenvalue weighted by Gasteiger charge is 2.12. The van der Waals surface area contributed by atoms with Gasteiger partial charge < -0.3 is 4.74 Å². The Kier molecular flexibility index (Phi) is 4.39. The molecular weight excluding hydrogens is 322 g/mol. The Hall–Kier alpha value is -1.88. The summed E-state index contributed by atoms with van der Waals surface area (Å²) in [7, 11) is 0. The number of hydrogen-bond donors (Lipinski definition) is 0. The number of halogens is 1. The summed E-state index contributed by atoms with van der Waals surface area (Å²) in [6, 6.07) is 10.6. The van der Waals surface area contributed by atoms with Crippen LogP contribution in [0.3, 0.4) is 0 Å². The van der Waals surface area contributed by atoms with Crippen molar-refractivity contribution in [3.8, 4) is 11.5 Å². The van der Waals surface area contributed by atoms with Crippen LogP contribution in [0.4, 0.5) is 5.69 Å². The molecule has 2 aromatic rings. The van der Waals surface area contributed by atoms with Gasteiger partial charge in [-0.05, 0) is 37.1 Å². The van der Waals surface area contributed by atoms with Crippen LogP contribution in [0, 0.1) is 24.0 Å². The van der Waals surface area contributed by atoms with Gasteiger partial charge in [-0.15, -0.1) is 0 Å². The Bertz CT molecular complexity index is 656. The lowest BCUT2D eigenvalue weighted by atomic mass is 10.1. The second-order valence-corrected chi connectivity index (χ2v) is 5.11. The monoisotopic (exact) mass is 335 g/mol. The van der Waals surface area contributed by atoms with Crippen molar-refractivity contribution < 1.29 is 9.66 Å². The SMILES string of the molecule is Cc1ccc(C)c(Oc2ccc([N+](=O)[O-])cc2CBr)c1. The van der Waals surface area contributed by atoms with Crippen molar-refractivity contribution >= 4 is 21.6 Å². The Morgan fingerprint density at radius 3 is 2.55 bits per heavy atom. The molecule has 0 saturated heterocycles. The van der Waals surface area contributed by atoms with Crippen molar-refractivity contribution in [1.29, 1.82) is 0 Å². The lowest BCUT2D eigenvalue weighted by molar-refractivity contribution is -0.384. The first-order valence-electron chi connectivity index (χ1n) is 6.09. The van der Waals surface area contributed by atoms with Crippen LogP contribution in [-0.4, -0.2) is 4.92 Å². The van der Waals surface area contributed by atoms with Gasteiger partial charge in [0.05, 0.1) is 4.92 Å². The lowest BCUT2D eigenvalue weighted by Crippen LogP contribution is -1.95.